The first-order chi connectivity index (χ1) is 14.9. The van der Waals surface area contributed by atoms with Crippen molar-refractivity contribution in [1.82, 2.24) is 19.9 Å². The molecule has 0 fully saturated rings. The number of pyridine rings is 2. The fourth-order valence-electron chi connectivity index (χ4n) is 3.76. The summed E-state index contributed by atoms with van der Waals surface area (Å²) in [6.07, 6.45) is 0.490. The monoisotopic (exact) mass is 425 g/mol. The van der Waals surface area contributed by atoms with Crippen LogP contribution in [0, 0.1) is 5.82 Å². The highest BCUT2D eigenvalue weighted by molar-refractivity contribution is 5.89. The van der Waals surface area contributed by atoms with E-state index in [2.05, 4.69) is 19.9 Å². The summed E-state index contributed by atoms with van der Waals surface area (Å²) in [6.45, 7) is 1.15. The molecule has 0 saturated carbocycles. The molecular formula is C22H15F4N5. The molecule has 0 aliphatic carbocycles. The van der Waals surface area contributed by atoms with Gasteiger partial charge in [-0.2, -0.15) is 13.2 Å². The molecule has 0 bridgehead atoms. The summed E-state index contributed by atoms with van der Waals surface area (Å²) in [7, 11) is 0. The van der Waals surface area contributed by atoms with E-state index in [1.54, 1.807) is 12.3 Å². The van der Waals surface area contributed by atoms with Crippen molar-refractivity contribution in [2.24, 2.45) is 0 Å². The predicted octanol–water partition coefficient (Wildman–Crippen LogP) is 4.81. The number of fused-ring (bicyclic) bond motifs is 2. The minimum Gasteiger partial charge on any atom is -0.351 e. The van der Waals surface area contributed by atoms with Crippen LogP contribution in [-0.2, 0) is 19.1 Å². The van der Waals surface area contributed by atoms with E-state index in [-0.39, 0.29) is 5.82 Å². The predicted molar refractivity (Wildman–Crippen MR) is 107 cm³/mol. The number of rotatable bonds is 2. The average Bonchev–Trinajstić information content (AvgIpc) is 2.77. The quantitative estimate of drug-likeness (QED) is 0.432. The lowest BCUT2D eigenvalue weighted by Crippen LogP contribution is -2.31. The fourth-order valence-corrected chi connectivity index (χ4v) is 3.76. The minimum absolute atomic E-state index is 0.361. The SMILES string of the molecule is Fc1ccc2ncnc(N3CCc4ncc(-c5ccc(C(F)(F)F)nc5)cc4C3)c2c1. The van der Waals surface area contributed by atoms with Crippen molar-refractivity contribution in [1.29, 1.82) is 0 Å². The Balaban J connectivity index is 1.47. The van der Waals surface area contributed by atoms with E-state index >= 15 is 0 Å². The van der Waals surface area contributed by atoms with Crippen molar-refractivity contribution in [2.75, 3.05) is 11.4 Å². The van der Waals surface area contributed by atoms with E-state index in [1.807, 2.05) is 11.0 Å². The van der Waals surface area contributed by atoms with Gasteiger partial charge in [0.2, 0.25) is 0 Å². The Kier molecular flexibility index (Phi) is 4.53. The van der Waals surface area contributed by atoms with Gasteiger partial charge in [0.1, 0.15) is 23.7 Å². The zero-order valence-corrected chi connectivity index (χ0v) is 16.1. The molecule has 0 saturated heterocycles. The first-order valence-electron chi connectivity index (χ1n) is 9.55. The van der Waals surface area contributed by atoms with Crippen LogP contribution in [0.15, 0.2) is 55.1 Å². The van der Waals surface area contributed by atoms with Crippen LogP contribution in [0.4, 0.5) is 23.4 Å². The molecule has 1 aliphatic rings. The Morgan fingerprint density at radius 3 is 2.48 bits per heavy atom. The maximum atomic E-state index is 13.8. The molecular weight excluding hydrogens is 410 g/mol. The Morgan fingerprint density at radius 1 is 0.871 bits per heavy atom. The van der Waals surface area contributed by atoms with Crippen molar-refractivity contribution < 1.29 is 17.6 Å². The maximum Gasteiger partial charge on any atom is 0.433 e. The lowest BCUT2D eigenvalue weighted by Gasteiger charge is -2.30. The normalized spacial score (nSPS) is 14.0. The van der Waals surface area contributed by atoms with Gasteiger partial charge in [0.25, 0.3) is 0 Å². The van der Waals surface area contributed by atoms with Crippen LogP contribution >= 0.6 is 0 Å². The number of hydrogen-bond donors (Lipinski definition) is 0. The molecule has 156 valence electrons. The number of alkyl halides is 3. The van der Waals surface area contributed by atoms with Gasteiger partial charge < -0.3 is 4.90 Å². The summed E-state index contributed by atoms with van der Waals surface area (Å²) in [5, 5.41) is 0.627. The minimum atomic E-state index is -4.48. The van der Waals surface area contributed by atoms with E-state index in [4.69, 9.17) is 0 Å². The summed E-state index contributed by atoms with van der Waals surface area (Å²) in [5.41, 5.74) is 2.81. The van der Waals surface area contributed by atoms with Gasteiger partial charge in [0.05, 0.1) is 5.52 Å². The summed E-state index contributed by atoms with van der Waals surface area (Å²) in [5.74, 6) is 0.275. The van der Waals surface area contributed by atoms with Crippen LogP contribution < -0.4 is 4.90 Å². The van der Waals surface area contributed by atoms with Crippen molar-refractivity contribution in [3.63, 3.8) is 0 Å². The molecule has 4 aromatic rings. The molecule has 5 nitrogen and oxygen atoms in total. The standard InChI is InChI=1S/C22H15F4N5/c23-16-2-3-19-17(8-16)21(30-12-29-19)31-6-5-18-15(11-31)7-14(10-27-18)13-1-4-20(28-9-13)22(24,25)26/h1-4,7-10,12H,5-6,11H2. The molecule has 0 N–H and O–H groups in total. The number of nitrogens with zero attached hydrogens (tertiary/aromatic N) is 5. The lowest BCUT2D eigenvalue weighted by atomic mass is 10.0. The second-order valence-corrected chi connectivity index (χ2v) is 7.29. The van der Waals surface area contributed by atoms with Gasteiger partial charge in [-0.05, 0) is 35.9 Å². The molecule has 9 heteroatoms. The topological polar surface area (TPSA) is 54.8 Å². The molecule has 3 aromatic heterocycles. The molecule has 31 heavy (non-hydrogen) atoms. The van der Waals surface area contributed by atoms with Crippen LogP contribution in [0.3, 0.4) is 0 Å². The Morgan fingerprint density at radius 2 is 1.71 bits per heavy atom. The lowest BCUT2D eigenvalue weighted by molar-refractivity contribution is -0.141. The first-order valence-corrected chi connectivity index (χ1v) is 9.55. The number of halogens is 4. The number of benzene rings is 1. The van der Waals surface area contributed by atoms with Crippen LogP contribution in [0.1, 0.15) is 17.0 Å². The van der Waals surface area contributed by atoms with E-state index in [0.29, 0.717) is 47.4 Å². The van der Waals surface area contributed by atoms with Gasteiger partial charge in [0.15, 0.2) is 0 Å². The third-order valence-electron chi connectivity index (χ3n) is 5.30. The highest BCUT2D eigenvalue weighted by atomic mass is 19.4. The molecule has 0 amide bonds. The Bertz CT molecular complexity index is 1270. The molecule has 1 aromatic carbocycles. The second-order valence-electron chi connectivity index (χ2n) is 7.29. The number of anilines is 1. The fraction of sp³-hybridized carbons (Fsp3) is 0.182. The van der Waals surface area contributed by atoms with Crippen molar-refractivity contribution in [3.8, 4) is 11.1 Å². The second kappa shape index (κ2) is 7.26. The van der Waals surface area contributed by atoms with E-state index in [9.17, 15) is 17.6 Å². The molecule has 1 aliphatic heterocycles. The van der Waals surface area contributed by atoms with Gasteiger partial charge in [-0.1, -0.05) is 6.07 Å². The van der Waals surface area contributed by atoms with Gasteiger partial charge in [-0.3, -0.25) is 9.97 Å². The first kappa shape index (κ1) is 19.3. The number of hydrogen-bond acceptors (Lipinski definition) is 5. The third kappa shape index (κ3) is 3.67. The molecule has 5 rings (SSSR count). The van der Waals surface area contributed by atoms with Crippen LogP contribution in [0.5, 0.6) is 0 Å². The Hall–Kier alpha value is -3.62. The smallest absolute Gasteiger partial charge is 0.351 e. The van der Waals surface area contributed by atoms with Crippen LogP contribution in [-0.4, -0.2) is 26.5 Å². The average molecular weight is 425 g/mol. The summed E-state index contributed by atoms with van der Waals surface area (Å²) < 4.78 is 52.1. The Labute approximate surface area is 174 Å². The van der Waals surface area contributed by atoms with Crippen molar-refractivity contribution in [3.05, 3.63) is 77.9 Å². The van der Waals surface area contributed by atoms with Gasteiger partial charge in [-0.15, -0.1) is 0 Å². The van der Waals surface area contributed by atoms with E-state index in [0.717, 1.165) is 17.3 Å². The van der Waals surface area contributed by atoms with E-state index in [1.165, 1.54) is 30.7 Å². The molecule has 4 heterocycles. The largest absolute Gasteiger partial charge is 0.433 e. The zero-order chi connectivity index (χ0) is 21.6. The van der Waals surface area contributed by atoms with Gasteiger partial charge in [-0.25, -0.2) is 14.4 Å². The molecule has 0 spiro atoms. The van der Waals surface area contributed by atoms with Crippen LogP contribution in [0.2, 0.25) is 0 Å². The maximum absolute atomic E-state index is 13.8. The highest BCUT2D eigenvalue weighted by Gasteiger charge is 2.32. The number of aromatic nitrogens is 4. The highest BCUT2D eigenvalue weighted by Crippen LogP contribution is 2.31. The van der Waals surface area contributed by atoms with Crippen LogP contribution in [0.25, 0.3) is 22.0 Å². The van der Waals surface area contributed by atoms with Gasteiger partial charge >= 0.3 is 6.18 Å². The third-order valence-corrected chi connectivity index (χ3v) is 5.30. The summed E-state index contributed by atoms with van der Waals surface area (Å²) in [4.78, 5) is 18.6. The van der Waals surface area contributed by atoms with Crippen molar-refractivity contribution in [2.45, 2.75) is 19.1 Å². The molecule has 0 unspecified atom stereocenters. The van der Waals surface area contributed by atoms with Crippen molar-refractivity contribution >= 4 is 16.7 Å². The summed E-state index contributed by atoms with van der Waals surface area (Å²) in [6, 6.07) is 8.65. The summed E-state index contributed by atoms with van der Waals surface area (Å²) >= 11 is 0. The molecule has 0 radical (unpaired) electrons. The van der Waals surface area contributed by atoms with Gasteiger partial charge in [0, 0.05) is 54.1 Å². The zero-order valence-electron chi connectivity index (χ0n) is 16.1. The van der Waals surface area contributed by atoms with E-state index < -0.39 is 11.9 Å². The molecule has 0 atom stereocenters.